The molecule has 0 bridgehead atoms. The number of fused-ring (bicyclic) bond motifs is 1. The molecule has 0 spiro atoms. The lowest BCUT2D eigenvalue weighted by Crippen LogP contribution is -2.53. The summed E-state index contributed by atoms with van der Waals surface area (Å²) in [5.74, 6) is 1.65. The summed E-state index contributed by atoms with van der Waals surface area (Å²) in [5, 5.41) is 3.17. The van der Waals surface area contributed by atoms with Gasteiger partial charge in [-0.05, 0) is 73.4 Å². The maximum atomic E-state index is 14.0. The second-order valence-corrected chi connectivity index (χ2v) is 10.4. The van der Waals surface area contributed by atoms with Gasteiger partial charge in [0.25, 0.3) is 0 Å². The Balaban J connectivity index is 1.38. The molecular formula is C29H37N3O4. The number of ether oxygens (including phenoxy) is 2. The molecule has 7 heteroatoms. The van der Waals surface area contributed by atoms with Crippen molar-refractivity contribution in [2.24, 2.45) is 11.8 Å². The van der Waals surface area contributed by atoms with Gasteiger partial charge in [0.15, 0.2) is 11.5 Å². The van der Waals surface area contributed by atoms with Gasteiger partial charge < -0.3 is 19.7 Å². The van der Waals surface area contributed by atoms with E-state index >= 15 is 0 Å². The number of aromatic nitrogens is 1. The molecule has 1 aliphatic carbocycles. The van der Waals surface area contributed by atoms with E-state index in [0.717, 1.165) is 73.3 Å². The molecule has 2 aromatic rings. The third-order valence-corrected chi connectivity index (χ3v) is 8.11. The molecule has 3 unspecified atom stereocenters. The van der Waals surface area contributed by atoms with Crippen molar-refractivity contribution in [2.75, 3.05) is 13.3 Å². The van der Waals surface area contributed by atoms with Gasteiger partial charge in [-0.15, -0.1) is 0 Å². The maximum Gasteiger partial charge on any atom is 0.246 e. The number of pyridine rings is 1. The van der Waals surface area contributed by atoms with Crippen LogP contribution in [0.25, 0.3) is 11.1 Å². The van der Waals surface area contributed by atoms with Crippen LogP contribution in [0.4, 0.5) is 0 Å². The molecule has 1 saturated heterocycles. The molecule has 7 nitrogen and oxygen atoms in total. The van der Waals surface area contributed by atoms with E-state index in [1.165, 1.54) is 6.42 Å². The predicted octanol–water partition coefficient (Wildman–Crippen LogP) is 5.25. The Morgan fingerprint density at radius 3 is 2.61 bits per heavy atom. The van der Waals surface area contributed by atoms with E-state index in [4.69, 9.17) is 9.47 Å². The Morgan fingerprint density at radius 2 is 1.81 bits per heavy atom. The van der Waals surface area contributed by atoms with Crippen LogP contribution in [0, 0.1) is 11.8 Å². The van der Waals surface area contributed by atoms with Crippen molar-refractivity contribution < 1.29 is 19.1 Å². The predicted molar refractivity (Wildman–Crippen MR) is 137 cm³/mol. The first-order valence-corrected chi connectivity index (χ1v) is 13.5. The Labute approximate surface area is 213 Å². The Kier molecular flexibility index (Phi) is 7.44. The number of amides is 2. The van der Waals surface area contributed by atoms with Crippen molar-refractivity contribution in [3.63, 3.8) is 0 Å². The van der Waals surface area contributed by atoms with Crippen molar-refractivity contribution in [3.8, 4) is 22.6 Å². The van der Waals surface area contributed by atoms with Crippen LogP contribution in [0.3, 0.4) is 0 Å². The van der Waals surface area contributed by atoms with Gasteiger partial charge in [-0.2, -0.15) is 0 Å². The topological polar surface area (TPSA) is 80.8 Å². The van der Waals surface area contributed by atoms with E-state index in [0.29, 0.717) is 6.54 Å². The van der Waals surface area contributed by atoms with Crippen LogP contribution in [0.15, 0.2) is 36.5 Å². The van der Waals surface area contributed by atoms with Crippen LogP contribution in [-0.2, 0) is 9.59 Å². The number of nitrogens with one attached hydrogen (secondary N) is 1. The van der Waals surface area contributed by atoms with E-state index < -0.39 is 6.04 Å². The minimum absolute atomic E-state index is 0.0138. The number of carbonyl (C=O) groups is 2. The summed E-state index contributed by atoms with van der Waals surface area (Å²) in [6.07, 6.45) is 9.83. The smallest absolute Gasteiger partial charge is 0.246 e. The van der Waals surface area contributed by atoms with Gasteiger partial charge in [0, 0.05) is 18.7 Å². The molecule has 2 fully saturated rings. The summed E-state index contributed by atoms with van der Waals surface area (Å²) in [7, 11) is 0. The van der Waals surface area contributed by atoms with Crippen molar-refractivity contribution in [1.82, 2.24) is 15.2 Å². The minimum atomic E-state index is -0.454. The first-order chi connectivity index (χ1) is 17.5. The van der Waals surface area contributed by atoms with E-state index in [1.54, 1.807) is 0 Å². The lowest BCUT2D eigenvalue weighted by molar-refractivity contribution is -0.140. The van der Waals surface area contributed by atoms with Crippen LogP contribution >= 0.6 is 0 Å². The van der Waals surface area contributed by atoms with Gasteiger partial charge in [-0.25, -0.2) is 0 Å². The maximum absolute atomic E-state index is 14.0. The van der Waals surface area contributed by atoms with E-state index in [9.17, 15) is 9.59 Å². The molecule has 36 heavy (non-hydrogen) atoms. The highest BCUT2D eigenvalue weighted by molar-refractivity contribution is 5.89. The summed E-state index contributed by atoms with van der Waals surface area (Å²) in [4.78, 5) is 33.5. The van der Waals surface area contributed by atoms with Gasteiger partial charge >= 0.3 is 0 Å². The molecule has 2 aliphatic heterocycles. The van der Waals surface area contributed by atoms with Crippen LogP contribution in [0.1, 0.15) is 76.9 Å². The minimum Gasteiger partial charge on any atom is -0.454 e. The number of hydrogen-bond acceptors (Lipinski definition) is 5. The quantitative estimate of drug-likeness (QED) is 0.572. The van der Waals surface area contributed by atoms with Gasteiger partial charge in [0.05, 0.1) is 11.7 Å². The third kappa shape index (κ3) is 5.06. The average Bonchev–Trinajstić information content (AvgIpc) is 3.61. The molecule has 1 aromatic heterocycles. The summed E-state index contributed by atoms with van der Waals surface area (Å²) < 4.78 is 11.0. The van der Waals surface area contributed by atoms with E-state index in [1.807, 2.05) is 49.2 Å². The second-order valence-electron chi connectivity index (χ2n) is 10.4. The molecule has 5 rings (SSSR count). The fraction of sp³-hybridized carbons (Fsp3) is 0.552. The zero-order chi connectivity index (χ0) is 25.1. The summed E-state index contributed by atoms with van der Waals surface area (Å²) in [6, 6.07) is 9.47. The van der Waals surface area contributed by atoms with Crippen LogP contribution in [-0.4, -0.2) is 41.1 Å². The molecule has 192 valence electrons. The zero-order valence-electron chi connectivity index (χ0n) is 21.4. The largest absolute Gasteiger partial charge is 0.454 e. The molecule has 0 radical (unpaired) electrons. The van der Waals surface area contributed by atoms with Gasteiger partial charge in [-0.1, -0.05) is 39.2 Å². The fourth-order valence-electron chi connectivity index (χ4n) is 5.73. The normalized spacial score (nSPS) is 21.3. The number of carbonyl (C=O) groups excluding carboxylic acids is 2. The third-order valence-electron chi connectivity index (χ3n) is 8.11. The number of benzene rings is 1. The standard InChI is InChI=1S/C29H37N3O4/c1-3-19(2)28(33)31-27(20-8-5-4-6-9-20)29(34)32-15-7-10-24(32)23-16-22(13-14-30-23)21-11-12-25-26(17-21)36-18-35-25/h11-14,16-17,19-20,24,27H,3-10,15,18H2,1-2H3,(H,31,33). The Hall–Kier alpha value is -3.09. The van der Waals surface area contributed by atoms with Crippen molar-refractivity contribution in [3.05, 3.63) is 42.2 Å². The summed E-state index contributed by atoms with van der Waals surface area (Å²) in [6.45, 7) is 4.88. The highest BCUT2D eigenvalue weighted by atomic mass is 16.7. The molecular weight excluding hydrogens is 454 g/mol. The number of hydrogen-bond donors (Lipinski definition) is 1. The van der Waals surface area contributed by atoms with Crippen LogP contribution in [0.5, 0.6) is 11.5 Å². The molecule has 2 amide bonds. The first-order valence-electron chi connectivity index (χ1n) is 13.5. The molecule has 1 aromatic carbocycles. The van der Waals surface area contributed by atoms with E-state index in [-0.39, 0.29) is 36.5 Å². The van der Waals surface area contributed by atoms with Crippen molar-refractivity contribution >= 4 is 11.8 Å². The van der Waals surface area contributed by atoms with Crippen molar-refractivity contribution in [2.45, 2.75) is 77.3 Å². The molecule has 1 saturated carbocycles. The fourth-order valence-corrected chi connectivity index (χ4v) is 5.73. The molecule has 1 N–H and O–H groups in total. The first kappa shape index (κ1) is 24.6. The van der Waals surface area contributed by atoms with Gasteiger partial charge in [-0.3, -0.25) is 14.6 Å². The van der Waals surface area contributed by atoms with Crippen LogP contribution in [0.2, 0.25) is 0 Å². The van der Waals surface area contributed by atoms with Crippen molar-refractivity contribution in [1.29, 1.82) is 0 Å². The SMILES string of the molecule is CCC(C)C(=O)NC(C(=O)N1CCCC1c1cc(-c2ccc3c(c2)OCO3)ccn1)C1CCCCC1. The molecule has 3 aliphatic rings. The van der Waals surface area contributed by atoms with Gasteiger partial charge in [0.2, 0.25) is 18.6 Å². The number of likely N-dealkylation sites (tertiary alicyclic amines) is 1. The lowest BCUT2D eigenvalue weighted by atomic mass is 9.83. The zero-order valence-corrected chi connectivity index (χ0v) is 21.4. The van der Waals surface area contributed by atoms with Crippen LogP contribution < -0.4 is 14.8 Å². The number of nitrogens with zero attached hydrogens (tertiary/aromatic N) is 2. The summed E-state index contributed by atoms with van der Waals surface area (Å²) >= 11 is 0. The second kappa shape index (κ2) is 10.9. The summed E-state index contributed by atoms with van der Waals surface area (Å²) in [5.41, 5.74) is 2.96. The van der Waals surface area contributed by atoms with E-state index in [2.05, 4.69) is 16.4 Å². The molecule has 3 heterocycles. The average molecular weight is 492 g/mol. The molecule has 3 atom stereocenters. The Bertz CT molecular complexity index is 1100. The Morgan fingerprint density at radius 1 is 1.03 bits per heavy atom. The number of rotatable bonds is 7. The monoisotopic (exact) mass is 491 g/mol. The van der Waals surface area contributed by atoms with Gasteiger partial charge in [0.1, 0.15) is 6.04 Å². The highest BCUT2D eigenvalue weighted by Crippen LogP contribution is 2.38. The highest BCUT2D eigenvalue weighted by Gasteiger charge is 2.39. The lowest BCUT2D eigenvalue weighted by Gasteiger charge is -2.35.